The van der Waals surface area contributed by atoms with Gasteiger partial charge in [0.1, 0.15) is 0 Å². The number of rotatable bonds is 4. The minimum atomic E-state index is -0.704. The van der Waals surface area contributed by atoms with E-state index in [0.717, 1.165) is 16.8 Å². The Balaban J connectivity index is 1.79. The van der Waals surface area contributed by atoms with Crippen molar-refractivity contribution < 1.29 is 19.1 Å². The molecule has 0 fully saturated rings. The van der Waals surface area contributed by atoms with Gasteiger partial charge in [-0.15, -0.1) is 0 Å². The van der Waals surface area contributed by atoms with E-state index in [1.165, 1.54) is 7.11 Å². The number of para-hydroxylation sites is 1. The lowest BCUT2D eigenvalue weighted by molar-refractivity contribution is 0.0598. The lowest BCUT2D eigenvalue weighted by atomic mass is 10.1. The van der Waals surface area contributed by atoms with Gasteiger partial charge in [0.05, 0.1) is 7.11 Å². The molecule has 2 N–H and O–H groups in total. The molecule has 0 bridgehead atoms. The fourth-order valence-electron chi connectivity index (χ4n) is 2.93. The molecular weight excluding hydrogens is 358 g/mol. The van der Waals surface area contributed by atoms with Gasteiger partial charge in [-0.05, 0) is 36.8 Å². The van der Waals surface area contributed by atoms with Crippen molar-refractivity contribution in [3.63, 3.8) is 0 Å². The predicted molar refractivity (Wildman–Crippen MR) is 106 cm³/mol. The molecule has 3 aromatic rings. The maximum atomic E-state index is 12.2. The van der Waals surface area contributed by atoms with E-state index in [1.54, 1.807) is 24.6 Å². The van der Waals surface area contributed by atoms with E-state index < -0.39 is 5.97 Å². The highest BCUT2D eigenvalue weighted by molar-refractivity contribution is 6.21. The van der Waals surface area contributed by atoms with E-state index in [1.807, 2.05) is 37.3 Å². The molecule has 7 heteroatoms. The van der Waals surface area contributed by atoms with Crippen LogP contribution in [0.5, 0.6) is 5.75 Å². The lowest BCUT2D eigenvalue weighted by Crippen LogP contribution is -2.04. The second-order valence-corrected chi connectivity index (χ2v) is 6.18. The number of benzene rings is 1. The van der Waals surface area contributed by atoms with Gasteiger partial charge in [-0.3, -0.25) is 0 Å². The van der Waals surface area contributed by atoms with Crippen molar-refractivity contribution in [1.82, 2.24) is 4.98 Å². The summed E-state index contributed by atoms with van der Waals surface area (Å²) in [6.07, 6.45) is 4.90. The minimum Gasteiger partial charge on any atom is -0.504 e. The number of furan rings is 1. The Morgan fingerprint density at radius 2 is 2.07 bits per heavy atom. The molecule has 0 unspecified atom stereocenters. The third-order valence-electron chi connectivity index (χ3n) is 4.40. The Labute approximate surface area is 161 Å². The van der Waals surface area contributed by atoms with Crippen LogP contribution in [0.25, 0.3) is 11.6 Å². The van der Waals surface area contributed by atoms with Crippen molar-refractivity contribution in [3.05, 3.63) is 65.0 Å². The average molecular weight is 375 g/mol. The van der Waals surface area contributed by atoms with Crippen molar-refractivity contribution in [1.29, 1.82) is 0 Å². The van der Waals surface area contributed by atoms with Crippen molar-refractivity contribution in [2.24, 2.45) is 4.99 Å². The number of hydrogen-bond acceptors (Lipinski definition) is 7. The lowest BCUT2D eigenvalue weighted by Gasteiger charge is -2.07. The van der Waals surface area contributed by atoms with Crippen LogP contribution in [0.1, 0.15) is 27.2 Å². The molecule has 3 heterocycles. The maximum Gasteiger partial charge on any atom is 0.347 e. The molecule has 0 atom stereocenters. The molecule has 140 valence electrons. The average Bonchev–Trinajstić information content (AvgIpc) is 3.25. The van der Waals surface area contributed by atoms with Crippen LogP contribution in [-0.2, 0) is 4.74 Å². The summed E-state index contributed by atoms with van der Waals surface area (Å²) in [6, 6.07) is 11.2. The first-order valence-electron chi connectivity index (χ1n) is 8.56. The smallest absolute Gasteiger partial charge is 0.347 e. The molecule has 0 radical (unpaired) electrons. The van der Waals surface area contributed by atoms with Crippen molar-refractivity contribution in [2.75, 3.05) is 12.4 Å². The molecule has 1 aromatic carbocycles. The molecule has 4 rings (SSSR count). The third-order valence-corrected chi connectivity index (χ3v) is 4.40. The van der Waals surface area contributed by atoms with Gasteiger partial charge in [-0.25, -0.2) is 14.8 Å². The third kappa shape index (κ3) is 3.03. The number of methoxy groups -OCH3 is 1. The van der Waals surface area contributed by atoms with Crippen LogP contribution in [0.3, 0.4) is 0 Å². The van der Waals surface area contributed by atoms with Crippen LogP contribution in [0.4, 0.5) is 17.4 Å². The summed E-state index contributed by atoms with van der Waals surface area (Å²) in [5, 5.41) is 13.7. The summed E-state index contributed by atoms with van der Waals surface area (Å²) in [5.74, 6) is -0.196. The van der Waals surface area contributed by atoms with E-state index in [2.05, 4.69) is 15.3 Å². The van der Waals surface area contributed by atoms with Gasteiger partial charge in [-0.2, -0.15) is 0 Å². The van der Waals surface area contributed by atoms with Gasteiger partial charge >= 0.3 is 5.97 Å². The summed E-state index contributed by atoms with van der Waals surface area (Å²) in [7, 11) is 1.25. The largest absolute Gasteiger partial charge is 0.504 e. The number of hydrogen-bond donors (Lipinski definition) is 2. The second kappa shape index (κ2) is 7.03. The highest BCUT2D eigenvalue weighted by Gasteiger charge is 2.27. The van der Waals surface area contributed by atoms with Gasteiger partial charge in [0.25, 0.3) is 0 Å². The quantitative estimate of drug-likeness (QED) is 0.653. The number of aromatic nitrogens is 1. The number of nitrogens with zero attached hydrogens (tertiary/aromatic N) is 2. The number of anilines is 2. The first kappa shape index (κ1) is 17.5. The number of esters is 1. The van der Waals surface area contributed by atoms with Gasteiger partial charge < -0.3 is 19.6 Å². The van der Waals surface area contributed by atoms with Gasteiger partial charge in [0.2, 0.25) is 5.88 Å². The van der Waals surface area contributed by atoms with Crippen molar-refractivity contribution >= 4 is 41.2 Å². The standard InChI is InChI=1S/C21H17N3O4/c1-12-6-3-4-8-15(12)24-20-17(21(26)27-2)18(25)16(28-20)10-13-11-23-19-14(13)7-5-9-22-19/h3-11,24-25H,1-2H3/b13-10+. The molecule has 0 aliphatic carbocycles. The van der Waals surface area contributed by atoms with Crippen molar-refractivity contribution in [2.45, 2.75) is 6.92 Å². The fourth-order valence-corrected chi connectivity index (χ4v) is 2.93. The highest BCUT2D eigenvalue weighted by atomic mass is 16.5. The number of ether oxygens (including phenoxy) is 1. The summed E-state index contributed by atoms with van der Waals surface area (Å²) >= 11 is 0. The SMILES string of the molecule is COC(=O)c1c(Nc2ccccc2C)oc(/C=C2\C=Nc3ncccc32)c1O. The monoisotopic (exact) mass is 375 g/mol. The fraction of sp³-hybridized carbons (Fsp3) is 0.0952. The van der Waals surface area contributed by atoms with E-state index >= 15 is 0 Å². The van der Waals surface area contributed by atoms with Crippen LogP contribution in [0.2, 0.25) is 0 Å². The first-order valence-corrected chi connectivity index (χ1v) is 8.56. The molecule has 0 amide bonds. The normalized spacial score (nSPS) is 13.6. The minimum absolute atomic E-state index is 0.0704. The van der Waals surface area contributed by atoms with Crippen LogP contribution in [0, 0.1) is 6.92 Å². The molecule has 28 heavy (non-hydrogen) atoms. The van der Waals surface area contributed by atoms with Crippen LogP contribution in [-0.4, -0.2) is 29.4 Å². The summed E-state index contributed by atoms with van der Waals surface area (Å²) in [4.78, 5) is 20.7. The van der Waals surface area contributed by atoms with E-state index in [0.29, 0.717) is 11.4 Å². The van der Waals surface area contributed by atoms with E-state index in [-0.39, 0.29) is 23.0 Å². The van der Waals surface area contributed by atoms with Crippen LogP contribution >= 0.6 is 0 Å². The number of aliphatic imine (C=N–C) groups is 1. The number of carbonyl (C=O) groups is 1. The molecule has 1 aliphatic heterocycles. The number of aryl methyl sites for hydroxylation is 1. The Kier molecular flexibility index (Phi) is 4.41. The number of carbonyl (C=O) groups excluding carboxylic acids is 1. The molecule has 0 spiro atoms. The Hall–Kier alpha value is -3.87. The Morgan fingerprint density at radius 3 is 2.86 bits per heavy atom. The van der Waals surface area contributed by atoms with Crippen LogP contribution in [0.15, 0.2) is 52.0 Å². The summed E-state index contributed by atoms with van der Waals surface area (Å²) in [5.41, 5.74) is 3.16. The first-order chi connectivity index (χ1) is 13.6. The zero-order valence-electron chi connectivity index (χ0n) is 15.3. The number of pyridine rings is 1. The molecule has 1 aliphatic rings. The van der Waals surface area contributed by atoms with E-state index in [4.69, 9.17) is 9.15 Å². The van der Waals surface area contributed by atoms with Gasteiger partial charge in [0, 0.05) is 29.2 Å². The number of nitrogens with one attached hydrogen (secondary N) is 1. The number of allylic oxidation sites excluding steroid dienone is 1. The molecule has 0 saturated carbocycles. The summed E-state index contributed by atoms with van der Waals surface area (Å²) < 4.78 is 10.6. The summed E-state index contributed by atoms with van der Waals surface area (Å²) in [6.45, 7) is 1.92. The number of aromatic hydroxyl groups is 1. The molecule has 7 nitrogen and oxygen atoms in total. The topological polar surface area (TPSA) is 97.0 Å². The number of fused-ring (bicyclic) bond motifs is 1. The van der Waals surface area contributed by atoms with Gasteiger partial charge in [-0.1, -0.05) is 18.2 Å². The maximum absolute atomic E-state index is 12.2. The Bertz CT molecular complexity index is 1130. The Morgan fingerprint density at radius 1 is 1.25 bits per heavy atom. The highest BCUT2D eigenvalue weighted by Crippen LogP contribution is 2.39. The zero-order valence-corrected chi connectivity index (χ0v) is 15.3. The molecular formula is C21H17N3O4. The predicted octanol–water partition coefficient (Wildman–Crippen LogP) is 4.48. The second-order valence-electron chi connectivity index (χ2n) is 6.18. The van der Waals surface area contributed by atoms with Crippen molar-refractivity contribution in [3.8, 4) is 5.75 Å². The molecule has 2 aromatic heterocycles. The zero-order chi connectivity index (χ0) is 19.7. The van der Waals surface area contributed by atoms with E-state index in [9.17, 15) is 9.90 Å². The molecule has 0 saturated heterocycles. The van der Waals surface area contributed by atoms with Gasteiger partial charge in [0.15, 0.2) is 22.9 Å². The van der Waals surface area contributed by atoms with Crippen LogP contribution < -0.4 is 5.32 Å².